The van der Waals surface area contributed by atoms with Gasteiger partial charge in [-0.15, -0.1) is 0 Å². The van der Waals surface area contributed by atoms with E-state index in [0.29, 0.717) is 24.7 Å². The maximum absolute atomic E-state index is 12.2. The molecule has 1 atom stereocenters. The Kier molecular flexibility index (Phi) is 5.05. The van der Waals surface area contributed by atoms with Crippen LogP contribution >= 0.6 is 0 Å². The van der Waals surface area contributed by atoms with E-state index in [4.69, 9.17) is 0 Å². The number of aromatic amines is 1. The summed E-state index contributed by atoms with van der Waals surface area (Å²) in [6, 6.07) is -0.117. The summed E-state index contributed by atoms with van der Waals surface area (Å²) in [6.07, 6.45) is 5.19. The van der Waals surface area contributed by atoms with Gasteiger partial charge >= 0.3 is 6.03 Å². The number of amides is 3. The van der Waals surface area contributed by atoms with Gasteiger partial charge in [-0.05, 0) is 18.8 Å². The average molecular weight is 307 g/mol. The van der Waals surface area contributed by atoms with Crippen molar-refractivity contribution in [3.63, 3.8) is 0 Å². The molecule has 0 spiro atoms. The van der Waals surface area contributed by atoms with Gasteiger partial charge in [0.2, 0.25) is 5.91 Å². The highest BCUT2D eigenvalue weighted by Crippen LogP contribution is 2.18. The van der Waals surface area contributed by atoms with Gasteiger partial charge < -0.3 is 15.5 Å². The lowest BCUT2D eigenvalue weighted by Gasteiger charge is -2.33. The summed E-state index contributed by atoms with van der Waals surface area (Å²) >= 11 is 0. The summed E-state index contributed by atoms with van der Waals surface area (Å²) < 4.78 is 0. The van der Waals surface area contributed by atoms with Gasteiger partial charge in [0.25, 0.3) is 0 Å². The van der Waals surface area contributed by atoms with E-state index < -0.39 is 0 Å². The van der Waals surface area contributed by atoms with Crippen molar-refractivity contribution in [1.29, 1.82) is 0 Å². The number of hydrogen-bond donors (Lipinski definition) is 3. The summed E-state index contributed by atoms with van der Waals surface area (Å²) in [6.45, 7) is 7.71. The molecule has 22 heavy (non-hydrogen) atoms. The van der Waals surface area contributed by atoms with Crippen LogP contribution in [0.4, 0.5) is 10.5 Å². The molecule has 0 saturated carbocycles. The van der Waals surface area contributed by atoms with Gasteiger partial charge in [-0.3, -0.25) is 9.89 Å². The van der Waals surface area contributed by atoms with Crippen LogP contribution in [0.3, 0.4) is 0 Å². The zero-order valence-corrected chi connectivity index (χ0v) is 13.5. The minimum absolute atomic E-state index is 0.0486. The summed E-state index contributed by atoms with van der Waals surface area (Å²) in [5.41, 5.74) is 0.278. The number of piperidine rings is 1. The smallest absolute Gasteiger partial charge is 0.321 e. The van der Waals surface area contributed by atoms with Crippen molar-refractivity contribution < 1.29 is 9.59 Å². The highest BCUT2D eigenvalue weighted by Gasteiger charge is 2.26. The van der Waals surface area contributed by atoms with E-state index in [1.807, 2.05) is 20.8 Å². The lowest BCUT2D eigenvalue weighted by Crippen LogP contribution is -2.46. The molecule has 1 saturated heterocycles. The highest BCUT2D eigenvalue weighted by molar-refractivity contribution is 5.89. The lowest BCUT2D eigenvalue weighted by molar-refractivity contribution is -0.128. The second-order valence-electron chi connectivity index (χ2n) is 6.83. The number of carbonyl (C=O) groups is 2. The molecule has 0 aliphatic carbocycles. The first kappa shape index (κ1) is 16.3. The molecule has 122 valence electrons. The fraction of sp³-hybridized carbons (Fsp3) is 0.667. The second kappa shape index (κ2) is 6.81. The molecule has 2 heterocycles. The molecule has 7 nitrogen and oxygen atoms in total. The Morgan fingerprint density at radius 1 is 1.45 bits per heavy atom. The number of carbonyl (C=O) groups excluding carboxylic acids is 2. The lowest BCUT2D eigenvalue weighted by atomic mass is 9.94. The van der Waals surface area contributed by atoms with Crippen LogP contribution in [0, 0.1) is 11.3 Å². The van der Waals surface area contributed by atoms with Gasteiger partial charge in [-0.25, -0.2) is 4.79 Å². The van der Waals surface area contributed by atoms with Gasteiger partial charge in [-0.1, -0.05) is 20.8 Å². The van der Waals surface area contributed by atoms with Crippen molar-refractivity contribution in [2.75, 3.05) is 25.0 Å². The monoisotopic (exact) mass is 307 g/mol. The quantitative estimate of drug-likeness (QED) is 0.795. The number of H-pyrrole nitrogens is 1. The van der Waals surface area contributed by atoms with E-state index in [2.05, 4.69) is 20.8 Å². The van der Waals surface area contributed by atoms with E-state index >= 15 is 0 Å². The SMILES string of the molecule is CC(C)(C)C(=O)NCC1CCCN(C(=O)Nc2cn[nH]c2)C1. The van der Waals surface area contributed by atoms with Crippen LogP contribution in [-0.2, 0) is 4.79 Å². The van der Waals surface area contributed by atoms with E-state index in [9.17, 15) is 9.59 Å². The first-order chi connectivity index (χ1) is 10.4. The summed E-state index contributed by atoms with van der Waals surface area (Å²) in [5, 5.41) is 12.3. The molecule has 1 unspecified atom stereocenters. The van der Waals surface area contributed by atoms with E-state index in [-0.39, 0.29) is 17.4 Å². The molecule has 3 N–H and O–H groups in total. The van der Waals surface area contributed by atoms with E-state index in [1.54, 1.807) is 17.3 Å². The molecule has 1 fully saturated rings. The number of anilines is 1. The Hall–Kier alpha value is -2.05. The number of hydrogen-bond acceptors (Lipinski definition) is 3. The average Bonchev–Trinajstić information content (AvgIpc) is 2.97. The normalized spacial score (nSPS) is 18.9. The molecule has 1 aliphatic rings. The number of rotatable bonds is 3. The van der Waals surface area contributed by atoms with Crippen LogP contribution in [0.1, 0.15) is 33.6 Å². The minimum Gasteiger partial charge on any atom is -0.355 e. The third-order valence-corrected chi connectivity index (χ3v) is 3.79. The largest absolute Gasteiger partial charge is 0.355 e. The molecule has 0 aromatic carbocycles. The molecule has 7 heteroatoms. The fourth-order valence-corrected chi connectivity index (χ4v) is 2.44. The van der Waals surface area contributed by atoms with E-state index in [0.717, 1.165) is 19.4 Å². The second-order valence-corrected chi connectivity index (χ2v) is 6.83. The zero-order valence-electron chi connectivity index (χ0n) is 13.5. The summed E-state index contributed by atoms with van der Waals surface area (Å²) in [4.78, 5) is 25.9. The van der Waals surface area contributed by atoms with Crippen molar-refractivity contribution >= 4 is 17.6 Å². The van der Waals surface area contributed by atoms with Crippen molar-refractivity contribution in [2.24, 2.45) is 11.3 Å². The maximum atomic E-state index is 12.2. The predicted molar refractivity (Wildman–Crippen MR) is 84.4 cm³/mol. The number of nitrogens with zero attached hydrogens (tertiary/aromatic N) is 2. The Morgan fingerprint density at radius 2 is 2.23 bits per heavy atom. The minimum atomic E-state index is -0.382. The van der Waals surface area contributed by atoms with Gasteiger partial charge in [-0.2, -0.15) is 5.10 Å². The molecule has 1 aromatic heterocycles. The summed E-state index contributed by atoms with van der Waals surface area (Å²) in [5.74, 6) is 0.350. The van der Waals surface area contributed by atoms with Crippen LogP contribution < -0.4 is 10.6 Å². The molecule has 1 aromatic rings. The van der Waals surface area contributed by atoms with Crippen LogP contribution in [-0.4, -0.2) is 46.7 Å². The molecule has 2 rings (SSSR count). The molecule has 0 radical (unpaired) electrons. The Morgan fingerprint density at radius 3 is 2.86 bits per heavy atom. The first-order valence-corrected chi connectivity index (χ1v) is 7.69. The zero-order chi connectivity index (χ0) is 16.2. The van der Waals surface area contributed by atoms with Crippen LogP contribution in [0.25, 0.3) is 0 Å². The van der Waals surface area contributed by atoms with Crippen LogP contribution in [0.2, 0.25) is 0 Å². The molecule has 1 aliphatic heterocycles. The Balaban J connectivity index is 1.81. The number of nitrogens with one attached hydrogen (secondary N) is 3. The fourth-order valence-electron chi connectivity index (χ4n) is 2.44. The van der Waals surface area contributed by atoms with Gasteiger partial charge in [0.1, 0.15) is 0 Å². The molecule has 3 amide bonds. The van der Waals surface area contributed by atoms with E-state index in [1.165, 1.54) is 0 Å². The highest BCUT2D eigenvalue weighted by atomic mass is 16.2. The third kappa shape index (κ3) is 4.47. The Bertz CT molecular complexity index is 507. The Labute approximate surface area is 130 Å². The molecular weight excluding hydrogens is 282 g/mol. The van der Waals surface area contributed by atoms with Crippen molar-refractivity contribution in [3.05, 3.63) is 12.4 Å². The number of urea groups is 1. The standard InChI is InChI=1S/C15H25N5O2/c1-15(2,3)13(21)16-7-11-5-4-6-20(10-11)14(22)19-12-8-17-18-9-12/h8-9,11H,4-7,10H2,1-3H3,(H,16,21)(H,17,18)(H,19,22). The number of likely N-dealkylation sites (tertiary alicyclic amines) is 1. The molecular formula is C15H25N5O2. The first-order valence-electron chi connectivity index (χ1n) is 7.69. The third-order valence-electron chi connectivity index (χ3n) is 3.79. The molecule has 0 bridgehead atoms. The van der Waals surface area contributed by atoms with Crippen molar-refractivity contribution in [3.8, 4) is 0 Å². The number of aromatic nitrogens is 2. The van der Waals surface area contributed by atoms with Gasteiger partial charge in [0.15, 0.2) is 0 Å². The van der Waals surface area contributed by atoms with Gasteiger partial charge in [0, 0.05) is 31.2 Å². The van der Waals surface area contributed by atoms with Crippen molar-refractivity contribution in [1.82, 2.24) is 20.4 Å². The van der Waals surface area contributed by atoms with Gasteiger partial charge in [0.05, 0.1) is 11.9 Å². The maximum Gasteiger partial charge on any atom is 0.321 e. The summed E-state index contributed by atoms with van der Waals surface area (Å²) in [7, 11) is 0. The van der Waals surface area contributed by atoms with Crippen molar-refractivity contribution in [2.45, 2.75) is 33.6 Å². The topological polar surface area (TPSA) is 90.1 Å². The van der Waals surface area contributed by atoms with Crippen LogP contribution in [0.5, 0.6) is 0 Å². The predicted octanol–water partition coefficient (Wildman–Crippen LogP) is 1.82. The van der Waals surface area contributed by atoms with Crippen LogP contribution in [0.15, 0.2) is 12.4 Å².